The van der Waals surface area contributed by atoms with Crippen molar-refractivity contribution in [3.8, 4) is 0 Å². The van der Waals surface area contributed by atoms with Crippen molar-refractivity contribution in [2.75, 3.05) is 13.1 Å². The predicted molar refractivity (Wildman–Crippen MR) is 95.7 cm³/mol. The van der Waals surface area contributed by atoms with Crippen LogP contribution in [0.25, 0.3) is 0 Å². The lowest BCUT2D eigenvalue weighted by atomic mass is 10.1. The maximum atomic E-state index is 12.2. The fourth-order valence-electron chi connectivity index (χ4n) is 2.80. The number of carbonyl (C=O) groups is 3. The van der Waals surface area contributed by atoms with Gasteiger partial charge in [-0.05, 0) is 30.5 Å². The maximum Gasteiger partial charge on any atom is 0.407 e. The number of nitrogens with one attached hydrogen (secondary N) is 1. The molecule has 0 fully saturated rings. The molecule has 0 aliphatic carbocycles. The van der Waals surface area contributed by atoms with E-state index < -0.39 is 6.09 Å². The number of fused-ring (bicyclic) bond motifs is 1. The largest absolute Gasteiger partial charge is 0.445 e. The Kier molecular flexibility index (Phi) is 5.63. The minimum atomic E-state index is -0.477. The smallest absolute Gasteiger partial charge is 0.407 e. The molecule has 0 atom stereocenters. The Balaban J connectivity index is 1.34. The summed E-state index contributed by atoms with van der Waals surface area (Å²) in [6, 6.07) is 16.3. The minimum absolute atomic E-state index is 0.224. The van der Waals surface area contributed by atoms with Gasteiger partial charge in [-0.2, -0.15) is 0 Å². The Bertz CT molecular complexity index is 769. The van der Waals surface area contributed by atoms with Crippen molar-refractivity contribution in [2.24, 2.45) is 0 Å². The first kappa shape index (κ1) is 17.7. The first-order valence-corrected chi connectivity index (χ1v) is 8.56. The number of ether oxygens (including phenoxy) is 1. The van der Waals surface area contributed by atoms with Crippen LogP contribution in [0.4, 0.5) is 4.79 Å². The highest BCUT2D eigenvalue weighted by atomic mass is 16.5. The summed E-state index contributed by atoms with van der Waals surface area (Å²) < 4.78 is 5.12. The molecule has 6 nitrogen and oxygen atoms in total. The average molecular weight is 352 g/mol. The Labute approximate surface area is 151 Å². The highest BCUT2D eigenvalue weighted by Crippen LogP contribution is 2.22. The number of hydrogen-bond donors (Lipinski definition) is 1. The van der Waals surface area contributed by atoms with Crippen molar-refractivity contribution in [3.63, 3.8) is 0 Å². The number of unbranched alkanes of at least 4 members (excludes halogenated alkanes) is 1. The topological polar surface area (TPSA) is 75.7 Å². The standard InChI is InChI=1S/C20H20N2O4/c23-18-16-10-4-5-11-17(16)19(24)22(18)13-7-6-12-21-20(25)26-14-15-8-2-1-3-9-15/h1-5,8-11H,6-7,12-14H2,(H,21,25). The number of hydrogen-bond acceptors (Lipinski definition) is 4. The van der Waals surface area contributed by atoms with Gasteiger partial charge in [0.25, 0.3) is 11.8 Å². The maximum absolute atomic E-state index is 12.2. The minimum Gasteiger partial charge on any atom is -0.445 e. The highest BCUT2D eigenvalue weighted by molar-refractivity contribution is 6.21. The Morgan fingerprint density at radius 2 is 1.50 bits per heavy atom. The van der Waals surface area contributed by atoms with E-state index in [0.717, 1.165) is 5.56 Å². The van der Waals surface area contributed by atoms with Crippen LogP contribution in [-0.2, 0) is 11.3 Å². The molecule has 1 heterocycles. The highest BCUT2D eigenvalue weighted by Gasteiger charge is 2.34. The molecule has 0 unspecified atom stereocenters. The molecular formula is C20H20N2O4. The summed E-state index contributed by atoms with van der Waals surface area (Å²) in [6.45, 7) is 0.992. The van der Waals surface area contributed by atoms with Crippen molar-refractivity contribution < 1.29 is 19.1 Å². The number of carbonyl (C=O) groups excluding carboxylic acids is 3. The van der Waals surface area contributed by atoms with Crippen molar-refractivity contribution in [2.45, 2.75) is 19.4 Å². The average Bonchev–Trinajstić information content (AvgIpc) is 2.92. The number of benzene rings is 2. The molecule has 0 saturated carbocycles. The zero-order valence-electron chi connectivity index (χ0n) is 14.3. The van der Waals surface area contributed by atoms with Gasteiger partial charge >= 0.3 is 6.09 Å². The molecule has 3 rings (SSSR count). The van der Waals surface area contributed by atoms with E-state index in [-0.39, 0.29) is 18.4 Å². The first-order valence-electron chi connectivity index (χ1n) is 8.56. The van der Waals surface area contributed by atoms with Crippen LogP contribution in [0.2, 0.25) is 0 Å². The van der Waals surface area contributed by atoms with Crippen molar-refractivity contribution in [1.82, 2.24) is 10.2 Å². The van der Waals surface area contributed by atoms with Crippen LogP contribution in [-0.4, -0.2) is 35.9 Å². The first-order chi connectivity index (χ1) is 12.7. The molecule has 26 heavy (non-hydrogen) atoms. The van der Waals surface area contributed by atoms with Gasteiger partial charge in [-0.25, -0.2) is 4.79 Å². The van der Waals surface area contributed by atoms with Crippen molar-refractivity contribution >= 4 is 17.9 Å². The van der Waals surface area contributed by atoms with Crippen molar-refractivity contribution in [1.29, 1.82) is 0 Å². The molecule has 6 heteroatoms. The lowest BCUT2D eigenvalue weighted by Gasteiger charge is -2.13. The number of nitrogens with zero attached hydrogens (tertiary/aromatic N) is 1. The molecule has 2 aromatic carbocycles. The summed E-state index contributed by atoms with van der Waals surface area (Å²) in [5, 5.41) is 2.67. The molecule has 0 spiro atoms. The van der Waals surface area contributed by atoms with Gasteiger partial charge in [0.1, 0.15) is 6.61 Å². The second-order valence-electron chi connectivity index (χ2n) is 6.00. The number of amides is 3. The van der Waals surface area contributed by atoms with Gasteiger partial charge < -0.3 is 10.1 Å². The normalized spacial score (nSPS) is 12.8. The van der Waals surface area contributed by atoms with Crippen molar-refractivity contribution in [3.05, 3.63) is 71.3 Å². The van der Waals surface area contributed by atoms with E-state index in [0.29, 0.717) is 37.1 Å². The van der Waals surface area contributed by atoms with E-state index in [4.69, 9.17) is 4.74 Å². The van der Waals surface area contributed by atoms with E-state index in [1.54, 1.807) is 24.3 Å². The van der Waals surface area contributed by atoms with Gasteiger partial charge in [0.15, 0.2) is 0 Å². The summed E-state index contributed by atoms with van der Waals surface area (Å²) in [5.74, 6) is -0.498. The predicted octanol–water partition coefficient (Wildman–Crippen LogP) is 2.99. The van der Waals surface area contributed by atoms with Crippen LogP contribution >= 0.6 is 0 Å². The van der Waals surface area contributed by atoms with E-state index >= 15 is 0 Å². The van der Waals surface area contributed by atoms with E-state index in [1.165, 1.54) is 4.90 Å². The molecule has 0 radical (unpaired) electrons. The van der Waals surface area contributed by atoms with E-state index in [2.05, 4.69) is 5.32 Å². The van der Waals surface area contributed by atoms with Gasteiger partial charge in [-0.3, -0.25) is 14.5 Å². The second kappa shape index (κ2) is 8.29. The summed E-state index contributed by atoms with van der Waals surface area (Å²) in [5.41, 5.74) is 1.84. The summed E-state index contributed by atoms with van der Waals surface area (Å²) in [6.07, 6.45) is 0.785. The summed E-state index contributed by atoms with van der Waals surface area (Å²) in [7, 11) is 0. The fraction of sp³-hybridized carbons (Fsp3) is 0.250. The van der Waals surface area contributed by atoms with E-state index in [1.807, 2.05) is 30.3 Å². The Morgan fingerprint density at radius 1 is 0.885 bits per heavy atom. The van der Waals surface area contributed by atoms with Crippen LogP contribution < -0.4 is 5.32 Å². The zero-order chi connectivity index (χ0) is 18.4. The molecule has 2 aromatic rings. The summed E-state index contributed by atoms with van der Waals surface area (Å²) in [4.78, 5) is 37.3. The monoisotopic (exact) mass is 352 g/mol. The third-order valence-corrected chi connectivity index (χ3v) is 4.17. The van der Waals surface area contributed by atoms with Gasteiger partial charge in [0.05, 0.1) is 11.1 Å². The molecule has 3 amide bonds. The van der Waals surface area contributed by atoms with Crippen LogP contribution in [0.5, 0.6) is 0 Å². The van der Waals surface area contributed by atoms with Crippen LogP contribution in [0.3, 0.4) is 0 Å². The molecule has 1 aliphatic rings. The zero-order valence-corrected chi connectivity index (χ0v) is 14.3. The van der Waals surface area contributed by atoms with Gasteiger partial charge in [-0.15, -0.1) is 0 Å². The molecular weight excluding hydrogens is 332 g/mol. The molecule has 0 bridgehead atoms. The van der Waals surface area contributed by atoms with Gasteiger partial charge in [0.2, 0.25) is 0 Å². The molecule has 134 valence electrons. The van der Waals surface area contributed by atoms with Crippen LogP contribution in [0.1, 0.15) is 39.1 Å². The van der Waals surface area contributed by atoms with Crippen LogP contribution in [0, 0.1) is 0 Å². The number of rotatable bonds is 7. The van der Waals surface area contributed by atoms with Crippen LogP contribution in [0.15, 0.2) is 54.6 Å². The lowest BCUT2D eigenvalue weighted by Crippen LogP contribution is -2.31. The number of imide groups is 1. The Morgan fingerprint density at radius 3 is 2.15 bits per heavy atom. The number of alkyl carbamates (subject to hydrolysis) is 1. The third kappa shape index (κ3) is 4.08. The fourth-order valence-corrected chi connectivity index (χ4v) is 2.80. The quantitative estimate of drug-likeness (QED) is 0.614. The molecule has 0 saturated heterocycles. The second-order valence-corrected chi connectivity index (χ2v) is 6.00. The lowest BCUT2D eigenvalue weighted by molar-refractivity contribution is 0.0651. The molecule has 0 aromatic heterocycles. The van der Waals surface area contributed by atoms with Gasteiger partial charge in [0, 0.05) is 13.1 Å². The molecule has 1 N–H and O–H groups in total. The summed E-state index contributed by atoms with van der Waals surface area (Å²) >= 11 is 0. The van der Waals surface area contributed by atoms with E-state index in [9.17, 15) is 14.4 Å². The Hall–Kier alpha value is -3.15. The van der Waals surface area contributed by atoms with Gasteiger partial charge in [-0.1, -0.05) is 42.5 Å². The molecule has 1 aliphatic heterocycles. The third-order valence-electron chi connectivity index (χ3n) is 4.17. The SMILES string of the molecule is O=C(NCCCCN1C(=O)c2ccccc2C1=O)OCc1ccccc1.